The van der Waals surface area contributed by atoms with Gasteiger partial charge in [-0.1, -0.05) is 0 Å². The van der Waals surface area contributed by atoms with Gasteiger partial charge in [-0.05, 0) is 0 Å². The van der Waals surface area contributed by atoms with Crippen molar-refractivity contribution in [3.63, 3.8) is 0 Å². The van der Waals surface area contributed by atoms with E-state index in [-0.39, 0.29) is 12.4 Å². The van der Waals surface area contributed by atoms with Crippen molar-refractivity contribution in [3.05, 3.63) is 0 Å². The number of rotatable bonds is 5. The quantitative estimate of drug-likeness (QED) is 0.281. The largest absolute Gasteiger partial charge is 0.394 e. The molecule has 4 atom stereocenters. The molecule has 0 rings (SSSR count). The summed E-state index contributed by atoms with van der Waals surface area (Å²) in [4.78, 5) is 10.0. The Morgan fingerprint density at radius 1 is 1.23 bits per heavy atom. The van der Waals surface area contributed by atoms with Crippen molar-refractivity contribution >= 4 is 6.29 Å². The number of aldehydes is 1. The number of hydrogen-bond acceptors (Lipinski definition) is 6. The molecule has 0 aliphatic heterocycles. The van der Waals surface area contributed by atoms with Gasteiger partial charge in [0.1, 0.15) is 24.6 Å². The van der Waals surface area contributed by atoms with Gasteiger partial charge in [-0.2, -0.15) is 0 Å². The van der Waals surface area contributed by atoms with Crippen LogP contribution in [0.3, 0.4) is 0 Å². The normalized spacial score (nSPS) is 19.5. The lowest BCUT2D eigenvalue weighted by molar-refractivity contribution is -0.118. The summed E-state index contributed by atoms with van der Waals surface area (Å²) in [7, 11) is 0. The van der Waals surface area contributed by atoms with E-state index in [9.17, 15) is 4.79 Å². The molecule has 7 heteroatoms. The molecule has 0 unspecified atom stereocenters. The second kappa shape index (κ2) is 6.89. The average molecular weight is 193 g/mol. The van der Waals surface area contributed by atoms with Crippen molar-refractivity contribution in [2.45, 2.75) is 24.4 Å². The van der Waals surface area contributed by atoms with Gasteiger partial charge in [0.05, 0.1) is 12.6 Å². The van der Waals surface area contributed by atoms with Gasteiger partial charge in [0.2, 0.25) is 0 Å². The molecule has 0 saturated carbocycles. The van der Waals surface area contributed by atoms with Gasteiger partial charge in [-0.3, -0.25) is 0 Å². The molecule has 0 spiro atoms. The Bertz CT molecular complexity index is 145. The van der Waals surface area contributed by atoms with Crippen molar-refractivity contribution in [2.24, 2.45) is 5.73 Å². The van der Waals surface area contributed by atoms with Crippen LogP contribution in [0.4, 0.5) is 0 Å². The maximum atomic E-state index is 10.0. The van der Waals surface area contributed by atoms with Crippen LogP contribution in [0.25, 0.3) is 0 Å². The summed E-state index contributed by atoms with van der Waals surface area (Å²) in [5.74, 6) is 0. The predicted octanol–water partition coefficient (Wildman–Crippen LogP) is -3.89. The summed E-state index contributed by atoms with van der Waals surface area (Å²) in [6.07, 6.45) is -4.43. The third-order valence-electron chi connectivity index (χ3n) is 1.48. The van der Waals surface area contributed by atoms with Gasteiger partial charge in [0.25, 0.3) is 0 Å². The van der Waals surface area contributed by atoms with E-state index in [1.165, 1.54) is 0 Å². The minimum atomic E-state index is -1.62. The average Bonchev–Trinajstić information content (AvgIpc) is 2.12. The molecule has 6 N–H and O–H groups in total. The number of aliphatic hydroxyl groups excluding tert-OH is 4. The molecule has 3 radical (unpaired) electrons. The predicted molar refractivity (Wildman–Crippen MR) is 41.3 cm³/mol. The van der Waals surface area contributed by atoms with Gasteiger partial charge >= 0.3 is 0 Å². The van der Waals surface area contributed by atoms with Gasteiger partial charge in [-0.15, -0.1) is 0 Å². The molecule has 0 bridgehead atoms. The van der Waals surface area contributed by atoms with E-state index >= 15 is 0 Å². The Hall–Kier alpha value is -0.570. The summed E-state index contributed by atoms with van der Waals surface area (Å²) < 4.78 is 0. The molecule has 0 aliphatic rings. The monoisotopic (exact) mass is 193 g/mol. The first-order valence-corrected chi connectivity index (χ1v) is 3.40. The lowest BCUT2D eigenvalue weighted by Gasteiger charge is -2.23. The number of nitrogens with two attached hydrogens (primary N) is 1. The van der Waals surface area contributed by atoms with E-state index in [1.807, 2.05) is 0 Å². The van der Waals surface area contributed by atoms with Crippen molar-refractivity contribution in [1.29, 1.82) is 0 Å². The highest BCUT2D eigenvalue weighted by molar-refractivity contribution is 5.58. The minimum Gasteiger partial charge on any atom is -0.394 e. The molecule has 0 aromatic rings. The molecule has 0 aromatic carbocycles. The van der Waals surface area contributed by atoms with Crippen LogP contribution in [0.2, 0.25) is 0 Å². The molecule has 0 amide bonds. The van der Waals surface area contributed by atoms with E-state index in [4.69, 9.17) is 26.2 Å². The molecule has 0 fully saturated rings. The number of hydrogen-bond donors (Lipinski definition) is 5. The van der Waals surface area contributed by atoms with Crippen LogP contribution in [0.15, 0.2) is 0 Å². The Kier molecular flexibility index (Phi) is 7.92. The van der Waals surface area contributed by atoms with Crippen LogP contribution >= 0.6 is 0 Å². The van der Waals surface area contributed by atoms with Crippen LogP contribution in [0.1, 0.15) is 0 Å². The third-order valence-corrected chi connectivity index (χ3v) is 1.48. The van der Waals surface area contributed by atoms with Crippen molar-refractivity contribution in [2.75, 3.05) is 6.61 Å². The van der Waals surface area contributed by atoms with Gasteiger partial charge < -0.3 is 31.0 Å². The zero-order chi connectivity index (χ0) is 9.72. The molecular weight excluding hydrogens is 180 g/mol. The Balaban J connectivity index is 0. The Labute approximate surface area is 75.4 Å². The molecule has 0 heterocycles. The molecule has 77 valence electrons. The fraction of sp³-hybridized carbons (Fsp3) is 0.833. The number of carbonyl (C=O) groups is 1. The molecule has 0 aromatic heterocycles. The third kappa shape index (κ3) is 4.27. The zero-order valence-corrected chi connectivity index (χ0v) is 6.82. The summed E-state index contributed by atoms with van der Waals surface area (Å²) in [6, 6.07) is -1.26. The SMILES string of the molecule is N[C@@H](C=O)[C@@H](O)[C@H](O)[C@H](O)CO.[N]. The van der Waals surface area contributed by atoms with Crippen molar-refractivity contribution < 1.29 is 25.2 Å². The summed E-state index contributed by atoms with van der Waals surface area (Å²) >= 11 is 0. The first-order valence-electron chi connectivity index (χ1n) is 3.40. The smallest absolute Gasteiger partial charge is 0.139 e. The molecule has 0 saturated heterocycles. The lowest BCUT2D eigenvalue weighted by Crippen LogP contribution is -2.49. The maximum Gasteiger partial charge on any atom is 0.139 e. The van der Waals surface area contributed by atoms with Crippen LogP contribution in [0, 0.1) is 0 Å². The van der Waals surface area contributed by atoms with Gasteiger partial charge in [-0.25, -0.2) is 0 Å². The fourth-order valence-electron chi connectivity index (χ4n) is 0.644. The van der Waals surface area contributed by atoms with Gasteiger partial charge in [0.15, 0.2) is 0 Å². The highest BCUT2D eigenvalue weighted by atomic mass is 16.4. The van der Waals surface area contributed by atoms with Crippen molar-refractivity contribution in [1.82, 2.24) is 6.15 Å². The first-order chi connectivity index (χ1) is 5.54. The summed E-state index contributed by atoms with van der Waals surface area (Å²) in [5.41, 5.74) is 5.04. The zero-order valence-electron chi connectivity index (χ0n) is 6.82. The van der Waals surface area contributed by atoms with Crippen LogP contribution in [-0.2, 0) is 4.79 Å². The number of aliphatic hydroxyl groups is 4. The summed E-state index contributed by atoms with van der Waals surface area (Å²) in [5, 5.41) is 35.2. The standard InChI is InChI=1S/C6H13NO5.N/c7-3(1-8)5(11)6(12)4(10)2-9;/h1,3-6,9-12H,2,7H2;/t3-,4+,5+,6+;/m0./s1. The molecule has 0 aliphatic carbocycles. The molecule has 7 nitrogen and oxygen atoms in total. The maximum absolute atomic E-state index is 10.0. The molecular formula is C6H13N2O5. The highest BCUT2D eigenvalue weighted by Gasteiger charge is 2.28. The Morgan fingerprint density at radius 2 is 1.69 bits per heavy atom. The van der Waals surface area contributed by atoms with Crippen LogP contribution in [-0.4, -0.2) is 57.7 Å². The lowest BCUT2D eigenvalue weighted by atomic mass is 10.0. The van der Waals surface area contributed by atoms with Crippen LogP contribution < -0.4 is 11.9 Å². The molecule has 13 heavy (non-hydrogen) atoms. The second-order valence-electron chi connectivity index (χ2n) is 2.44. The van der Waals surface area contributed by atoms with Crippen molar-refractivity contribution in [3.8, 4) is 0 Å². The van der Waals surface area contributed by atoms with Gasteiger partial charge in [0, 0.05) is 6.15 Å². The van der Waals surface area contributed by atoms with E-state index < -0.39 is 31.0 Å². The highest BCUT2D eigenvalue weighted by Crippen LogP contribution is 2.01. The fourth-order valence-corrected chi connectivity index (χ4v) is 0.644. The van der Waals surface area contributed by atoms with Crippen LogP contribution in [0.5, 0.6) is 0 Å². The number of nitrogens with zero attached hydrogens (tertiary/aromatic N) is 1. The van der Waals surface area contributed by atoms with E-state index in [0.717, 1.165) is 0 Å². The summed E-state index contributed by atoms with van der Waals surface area (Å²) in [6.45, 7) is -0.705. The van der Waals surface area contributed by atoms with E-state index in [0.29, 0.717) is 0 Å². The first kappa shape index (κ1) is 14.9. The number of carbonyl (C=O) groups excluding carboxylic acids is 1. The van der Waals surface area contributed by atoms with E-state index in [2.05, 4.69) is 0 Å². The minimum absolute atomic E-state index is 0. The van der Waals surface area contributed by atoms with E-state index in [1.54, 1.807) is 0 Å². The second-order valence-corrected chi connectivity index (χ2v) is 2.44. The Morgan fingerprint density at radius 3 is 2.00 bits per heavy atom. The topological polar surface area (TPSA) is 155 Å².